The van der Waals surface area contributed by atoms with E-state index in [4.69, 9.17) is 0 Å². The fourth-order valence-corrected chi connectivity index (χ4v) is 5.57. The van der Waals surface area contributed by atoms with Crippen LogP contribution in [0.5, 0.6) is 0 Å². The summed E-state index contributed by atoms with van der Waals surface area (Å²) in [5.74, 6) is 1.04. The maximum Gasteiger partial charge on any atom is -0.0287 e. The van der Waals surface area contributed by atoms with Crippen LogP contribution in [0.15, 0.2) is 0 Å². The topological polar surface area (TPSA) is 0 Å². The third kappa shape index (κ3) is 3.06. The van der Waals surface area contributed by atoms with Crippen molar-refractivity contribution in [2.45, 2.75) is 86.0 Å². The molecule has 0 aromatic carbocycles. The molecule has 0 nitrogen and oxygen atoms in total. The number of rotatable bonds is 1. The molecule has 2 aliphatic carbocycles. The summed E-state index contributed by atoms with van der Waals surface area (Å²) in [6.45, 7) is 12.4. The van der Waals surface area contributed by atoms with Gasteiger partial charge in [-0.05, 0) is 67.1 Å². The SMILES string of the molecule is CCC1CCC2(CC1)CC(C)(C)CC(C)(C)C2. The third-order valence-electron chi connectivity index (χ3n) is 5.41. The summed E-state index contributed by atoms with van der Waals surface area (Å²) < 4.78 is 0. The smallest absolute Gasteiger partial charge is 0.0287 e. The van der Waals surface area contributed by atoms with Gasteiger partial charge in [0.1, 0.15) is 0 Å². The number of hydrogen-bond donors (Lipinski definition) is 0. The maximum atomic E-state index is 2.50. The van der Waals surface area contributed by atoms with Crippen LogP contribution in [0.1, 0.15) is 86.0 Å². The van der Waals surface area contributed by atoms with Gasteiger partial charge in [0.25, 0.3) is 0 Å². The molecule has 100 valence electrons. The highest BCUT2D eigenvalue weighted by Gasteiger charge is 2.48. The summed E-state index contributed by atoms with van der Waals surface area (Å²) in [6, 6.07) is 0. The normalized spacial score (nSPS) is 31.6. The molecule has 2 rings (SSSR count). The minimum Gasteiger partial charge on any atom is -0.0651 e. The second-order valence-electron chi connectivity index (χ2n) is 8.71. The molecular weight excluding hydrogens is 204 g/mol. The lowest BCUT2D eigenvalue weighted by atomic mass is 9.51. The van der Waals surface area contributed by atoms with E-state index in [1.54, 1.807) is 0 Å². The molecule has 0 radical (unpaired) electrons. The van der Waals surface area contributed by atoms with Gasteiger partial charge in [-0.3, -0.25) is 0 Å². The summed E-state index contributed by atoms with van der Waals surface area (Å²) in [4.78, 5) is 0. The Balaban J connectivity index is 2.10. The van der Waals surface area contributed by atoms with Gasteiger partial charge in [0, 0.05) is 0 Å². The molecule has 0 atom stereocenters. The molecule has 0 aromatic rings. The van der Waals surface area contributed by atoms with Crippen molar-refractivity contribution in [2.75, 3.05) is 0 Å². The molecule has 0 N–H and O–H groups in total. The van der Waals surface area contributed by atoms with Gasteiger partial charge >= 0.3 is 0 Å². The van der Waals surface area contributed by atoms with E-state index >= 15 is 0 Å². The fourth-order valence-electron chi connectivity index (χ4n) is 5.57. The van der Waals surface area contributed by atoms with Crippen LogP contribution in [0.25, 0.3) is 0 Å². The largest absolute Gasteiger partial charge is 0.0651 e. The van der Waals surface area contributed by atoms with Crippen molar-refractivity contribution in [3.63, 3.8) is 0 Å². The van der Waals surface area contributed by atoms with Crippen molar-refractivity contribution >= 4 is 0 Å². The minimum atomic E-state index is 0.570. The van der Waals surface area contributed by atoms with Crippen LogP contribution in [-0.4, -0.2) is 0 Å². The van der Waals surface area contributed by atoms with E-state index in [0.717, 1.165) is 5.92 Å². The summed E-state index contributed by atoms with van der Waals surface area (Å²) in [6.07, 6.45) is 11.8. The van der Waals surface area contributed by atoms with Crippen molar-refractivity contribution < 1.29 is 0 Å². The summed E-state index contributed by atoms with van der Waals surface area (Å²) >= 11 is 0. The molecule has 17 heavy (non-hydrogen) atoms. The Morgan fingerprint density at radius 2 is 1.29 bits per heavy atom. The van der Waals surface area contributed by atoms with Crippen molar-refractivity contribution in [1.82, 2.24) is 0 Å². The lowest BCUT2D eigenvalue weighted by molar-refractivity contribution is -0.0337. The molecule has 0 aromatic heterocycles. The van der Waals surface area contributed by atoms with Gasteiger partial charge in [0.2, 0.25) is 0 Å². The van der Waals surface area contributed by atoms with Gasteiger partial charge in [-0.15, -0.1) is 0 Å². The van der Waals surface area contributed by atoms with Crippen LogP contribution in [0, 0.1) is 22.2 Å². The monoisotopic (exact) mass is 236 g/mol. The van der Waals surface area contributed by atoms with Crippen LogP contribution in [0.3, 0.4) is 0 Å². The van der Waals surface area contributed by atoms with Gasteiger partial charge in [-0.1, -0.05) is 41.0 Å². The molecular formula is C17H32. The summed E-state index contributed by atoms with van der Waals surface area (Å²) in [7, 11) is 0. The average Bonchev–Trinajstić information content (AvgIpc) is 2.13. The highest BCUT2D eigenvalue weighted by atomic mass is 14.5. The number of hydrogen-bond acceptors (Lipinski definition) is 0. The molecule has 0 saturated heterocycles. The van der Waals surface area contributed by atoms with Crippen LogP contribution in [0.4, 0.5) is 0 Å². The van der Waals surface area contributed by atoms with E-state index in [9.17, 15) is 0 Å². The molecule has 2 fully saturated rings. The molecule has 0 amide bonds. The Bertz CT molecular complexity index is 246. The van der Waals surface area contributed by atoms with Gasteiger partial charge < -0.3 is 0 Å². The molecule has 0 aliphatic heterocycles. The second kappa shape index (κ2) is 4.28. The van der Waals surface area contributed by atoms with Gasteiger partial charge in [-0.2, -0.15) is 0 Å². The zero-order valence-corrected chi connectivity index (χ0v) is 12.7. The summed E-state index contributed by atoms with van der Waals surface area (Å²) in [5.41, 5.74) is 1.85. The first kappa shape index (κ1) is 13.4. The Morgan fingerprint density at radius 3 is 1.71 bits per heavy atom. The minimum absolute atomic E-state index is 0.570. The first-order chi connectivity index (χ1) is 7.76. The zero-order valence-electron chi connectivity index (χ0n) is 12.7. The molecule has 0 heterocycles. The van der Waals surface area contributed by atoms with E-state index in [2.05, 4.69) is 34.6 Å². The predicted molar refractivity (Wildman–Crippen MR) is 76.1 cm³/mol. The first-order valence-electron chi connectivity index (χ1n) is 7.76. The van der Waals surface area contributed by atoms with Crippen molar-refractivity contribution in [1.29, 1.82) is 0 Å². The molecule has 0 heteroatoms. The predicted octanol–water partition coefficient (Wildman–Crippen LogP) is 5.81. The van der Waals surface area contributed by atoms with E-state index in [-0.39, 0.29) is 0 Å². The lowest BCUT2D eigenvalue weighted by Crippen LogP contribution is -2.43. The molecule has 0 bridgehead atoms. The van der Waals surface area contributed by atoms with Crippen LogP contribution in [0.2, 0.25) is 0 Å². The quantitative estimate of drug-likeness (QED) is 0.539. The highest BCUT2D eigenvalue weighted by Crippen LogP contribution is 2.59. The maximum absolute atomic E-state index is 2.50. The van der Waals surface area contributed by atoms with Crippen LogP contribution >= 0.6 is 0 Å². The molecule has 0 unspecified atom stereocenters. The highest BCUT2D eigenvalue weighted by molar-refractivity contribution is 4.99. The molecule has 2 aliphatic rings. The van der Waals surface area contributed by atoms with Gasteiger partial charge in [0.05, 0.1) is 0 Å². The standard InChI is InChI=1S/C17H32/c1-6-14-7-9-17(10-8-14)12-15(2,3)11-16(4,5)13-17/h14H,6-13H2,1-5H3. The van der Waals surface area contributed by atoms with E-state index in [1.807, 2.05) is 0 Å². The van der Waals surface area contributed by atoms with Crippen molar-refractivity contribution in [3.8, 4) is 0 Å². The fraction of sp³-hybridized carbons (Fsp3) is 1.00. The van der Waals surface area contributed by atoms with Crippen molar-refractivity contribution in [3.05, 3.63) is 0 Å². The van der Waals surface area contributed by atoms with E-state index in [1.165, 1.54) is 51.4 Å². The van der Waals surface area contributed by atoms with E-state index < -0.39 is 0 Å². The Morgan fingerprint density at radius 1 is 0.824 bits per heavy atom. The average molecular weight is 236 g/mol. The van der Waals surface area contributed by atoms with Gasteiger partial charge in [-0.25, -0.2) is 0 Å². The Labute approximate surface area is 109 Å². The Hall–Kier alpha value is 0. The zero-order chi connectivity index (χ0) is 12.7. The van der Waals surface area contributed by atoms with E-state index in [0.29, 0.717) is 16.2 Å². The first-order valence-corrected chi connectivity index (χ1v) is 7.76. The summed E-state index contributed by atoms with van der Waals surface area (Å²) in [5, 5.41) is 0. The molecule has 2 saturated carbocycles. The molecule has 1 spiro atoms. The van der Waals surface area contributed by atoms with Crippen molar-refractivity contribution in [2.24, 2.45) is 22.2 Å². The second-order valence-corrected chi connectivity index (χ2v) is 8.71. The Kier molecular flexibility index (Phi) is 3.38. The lowest BCUT2D eigenvalue weighted by Gasteiger charge is -2.54. The van der Waals surface area contributed by atoms with Crippen LogP contribution in [-0.2, 0) is 0 Å². The van der Waals surface area contributed by atoms with Crippen LogP contribution < -0.4 is 0 Å². The third-order valence-corrected chi connectivity index (χ3v) is 5.41. The van der Waals surface area contributed by atoms with Gasteiger partial charge in [0.15, 0.2) is 0 Å².